The van der Waals surface area contributed by atoms with E-state index in [1.807, 2.05) is 18.2 Å². The highest BCUT2D eigenvalue weighted by Crippen LogP contribution is 2.19. The third-order valence-corrected chi connectivity index (χ3v) is 2.54. The van der Waals surface area contributed by atoms with Crippen LogP contribution in [0.1, 0.15) is 11.1 Å². The molecule has 0 radical (unpaired) electrons. The molecule has 0 amide bonds. The Morgan fingerprint density at radius 1 is 1.19 bits per heavy atom. The molecular weight excluding hydrogens is 198 g/mol. The molecule has 0 bridgehead atoms. The second kappa shape index (κ2) is 4.90. The first kappa shape index (κ1) is 10.8. The van der Waals surface area contributed by atoms with E-state index in [1.54, 1.807) is 6.20 Å². The van der Waals surface area contributed by atoms with E-state index in [9.17, 15) is 0 Å². The maximum atomic E-state index is 8.90. The number of hydrogen-bond donors (Lipinski definition) is 1. The van der Waals surface area contributed by atoms with Gasteiger partial charge in [-0.2, -0.15) is 0 Å². The minimum atomic E-state index is 0.178. The van der Waals surface area contributed by atoms with E-state index < -0.39 is 0 Å². The summed E-state index contributed by atoms with van der Waals surface area (Å²) in [5, 5.41) is 8.90. The maximum Gasteiger partial charge on any atom is 0.0704 e. The minimum Gasteiger partial charge on any atom is -0.396 e. The van der Waals surface area contributed by atoms with Crippen LogP contribution in [0, 0.1) is 6.92 Å². The Hall–Kier alpha value is -1.67. The summed E-state index contributed by atoms with van der Waals surface area (Å²) in [4.78, 5) is 4.35. The summed E-state index contributed by atoms with van der Waals surface area (Å²) in [6.07, 6.45) is 2.48. The number of aliphatic hydroxyl groups excluding tert-OH is 1. The van der Waals surface area contributed by atoms with Gasteiger partial charge >= 0.3 is 0 Å². The molecule has 0 saturated heterocycles. The van der Waals surface area contributed by atoms with Crippen molar-refractivity contribution in [1.82, 2.24) is 4.98 Å². The molecule has 1 aromatic heterocycles. The van der Waals surface area contributed by atoms with E-state index in [1.165, 1.54) is 5.56 Å². The number of hydrogen-bond acceptors (Lipinski definition) is 2. The highest BCUT2D eigenvalue weighted by Gasteiger charge is 2.00. The van der Waals surface area contributed by atoms with E-state index in [0.717, 1.165) is 16.8 Å². The van der Waals surface area contributed by atoms with Crippen LogP contribution < -0.4 is 0 Å². The van der Waals surface area contributed by atoms with Gasteiger partial charge in [-0.1, -0.05) is 23.8 Å². The van der Waals surface area contributed by atoms with Crippen molar-refractivity contribution in [2.45, 2.75) is 13.3 Å². The van der Waals surface area contributed by atoms with Crippen LogP contribution in [-0.2, 0) is 6.42 Å². The first-order chi connectivity index (χ1) is 7.79. The Morgan fingerprint density at radius 3 is 2.81 bits per heavy atom. The molecule has 16 heavy (non-hydrogen) atoms. The molecule has 0 spiro atoms. The second-order valence-corrected chi connectivity index (χ2v) is 3.89. The lowest BCUT2D eigenvalue weighted by Crippen LogP contribution is -1.92. The molecule has 0 saturated carbocycles. The van der Waals surface area contributed by atoms with E-state index in [4.69, 9.17) is 5.11 Å². The average molecular weight is 213 g/mol. The van der Waals surface area contributed by atoms with Crippen LogP contribution >= 0.6 is 0 Å². The topological polar surface area (TPSA) is 33.1 Å². The van der Waals surface area contributed by atoms with E-state index in [2.05, 4.69) is 30.1 Å². The zero-order valence-electron chi connectivity index (χ0n) is 9.35. The van der Waals surface area contributed by atoms with Crippen LogP contribution in [0.4, 0.5) is 0 Å². The summed E-state index contributed by atoms with van der Waals surface area (Å²) in [6.45, 7) is 2.25. The molecule has 1 heterocycles. The van der Waals surface area contributed by atoms with Crippen molar-refractivity contribution in [3.63, 3.8) is 0 Å². The van der Waals surface area contributed by atoms with Crippen molar-refractivity contribution in [3.8, 4) is 11.3 Å². The molecule has 2 heteroatoms. The lowest BCUT2D eigenvalue weighted by Gasteiger charge is -2.04. The quantitative estimate of drug-likeness (QED) is 0.850. The number of aliphatic hydroxyl groups is 1. The van der Waals surface area contributed by atoms with Crippen molar-refractivity contribution in [1.29, 1.82) is 0 Å². The summed E-state index contributed by atoms with van der Waals surface area (Å²) in [7, 11) is 0. The van der Waals surface area contributed by atoms with E-state index >= 15 is 0 Å². The van der Waals surface area contributed by atoms with Crippen LogP contribution in [0.5, 0.6) is 0 Å². The summed E-state index contributed by atoms with van der Waals surface area (Å²) < 4.78 is 0. The highest BCUT2D eigenvalue weighted by atomic mass is 16.2. The summed E-state index contributed by atoms with van der Waals surface area (Å²) in [6, 6.07) is 12.2. The predicted molar refractivity (Wildman–Crippen MR) is 65.2 cm³/mol. The lowest BCUT2D eigenvalue weighted by atomic mass is 10.1. The van der Waals surface area contributed by atoms with Gasteiger partial charge in [0.05, 0.1) is 5.69 Å². The van der Waals surface area contributed by atoms with Crippen molar-refractivity contribution in [3.05, 3.63) is 53.7 Å². The zero-order chi connectivity index (χ0) is 11.4. The van der Waals surface area contributed by atoms with Crippen molar-refractivity contribution in [2.75, 3.05) is 6.61 Å². The fraction of sp³-hybridized carbons (Fsp3) is 0.214. The third-order valence-electron chi connectivity index (χ3n) is 2.54. The molecule has 0 atom stereocenters. The molecule has 0 unspecified atom stereocenters. The summed E-state index contributed by atoms with van der Waals surface area (Å²) >= 11 is 0. The first-order valence-corrected chi connectivity index (χ1v) is 5.42. The van der Waals surface area contributed by atoms with Crippen LogP contribution in [-0.4, -0.2) is 16.7 Å². The Labute approximate surface area is 95.6 Å². The normalized spacial score (nSPS) is 10.4. The summed E-state index contributed by atoms with van der Waals surface area (Å²) in [5.74, 6) is 0. The monoisotopic (exact) mass is 213 g/mol. The van der Waals surface area contributed by atoms with Gasteiger partial charge in [0.2, 0.25) is 0 Å². The average Bonchev–Trinajstić information content (AvgIpc) is 2.30. The smallest absolute Gasteiger partial charge is 0.0704 e. The minimum absolute atomic E-state index is 0.178. The molecule has 0 aliphatic rings. The lowest BCUT2D eigenvalue weighted by molar-refractivity contribution is 0.299. The molecule has 0 aliphatic carbocycles. The Bertz CT molecular complexity index is 480. The number of rotatable bonds is 3. The van der Waals surface area contributed by atoms with Gasteiger partial charge in [0.15, 0.2) is 0 Å². The van der Waals surface area contributed by atoms with E-state index in [-0.39, 0.29) is 6.61 Å². The Kier molecular flexibility index (Phi) is 3.32. The van der Waals surface area contributed by atoms with Crippen molar-refractivity contribution < 1.29 is 5.11 Å². The molecular formula is C14H15NO. The molecule has 2 nitrogen and oxygen atoms in total. The standard InChI is InChI=1S/C14H15NO/c1-11-3-2-4-13(9-11)14-10-12(6-8-16)5-7-15-14/h2-5,7,9-10,16H,6,8H2,1H3. The van der Waals surface area contributed by atoms with Gasteiger partial charge in [-0.15, -0.1) is 0 Å². The van der Waals surface area contributed by atoms with Gasteiger partial charge in [0, 0.05) is 18.4 Å². The van der Waals surface area contributed by atoms with Crippen LogP contribution in [0.2, 0.25) is 0 Å². The number of aromatic nitrogens is 1. The molecule has 1 aromatic carbocycles. The third kappa shape index (κ3) is 2.47. The Balaban J connectivity index is 2.36. The molecule has 82 valence electrons. The van der Waals surface area contributed by atoms with Crippen molar-refractivity contribution >= 4 is 0 Å². The number of benzene rings is 1. The SMILES string of the molecule is Cc1cccc(-c2cc(CCO)ccn2)c1. The fourth-order valence-corrected chi connectivity index (χ4v) is 1.72. The van der Waals surface area contributed by atoms with Gasteiger partial charge in [-0.25, -0.2) is 0 Å². The first-order valence-electron chi connectivity index (χ1n) is 5.42. The van der Waals surface area contributed by atoms with Gasteiger partial charge in [-0.3, -0.25) is 4.98 Å². The fourth-order valence-electron chi connectivity index (χ4n) is 1.72. The maximum absolute atomic E-state index is 8.90. The largest absolute Gasteiger partial charge is 0.396 e. The molecule has 1 N–H and O–H groups in total. The highest BCUT2D eigenvalue weighted by molar-refractivity contribution is 5.60. The molecule has 2 rings (SSSR count). The van der Waals surface area contributed by atoms with Gasteiger partial charge < -0.3 is 5.11 Å². The van der Waals surface area contributed by atoms with E-state index in [0.29, 0.717) is 6.42 Å². The van der Waals surface area contributed by atoms with Crippen molar-refractivity contribution in [2.24, 2.45) is 0 Å². The number of nitrogens with zero attached hydrogens (tertiary/aromatic N) is 1. The van der Waals surface area contributed by atoms with Gasteiger partial charge in [-0.05, 0) is 37.1 Å². The molecule has 2 aromatic rings. The van der Waals surface area contributed by atoms with Crippen LogP contribution in [0.25, 0.3) is 11.3 Å². The Morgan fingerprint density at radius 2 is 2.06 bits per heavy atom. The molecule has 0 aliphatic heterocycles. The van der Waals surface area contributed by atoms with Crippen LogP contribution in [0.15, 0.2) is 42.6 Å². The van der Waals surface area contributed by atoms with Gasteiger partial charge in [0.1, 0.15) is 0 Å². The number of pyridine rings is 1. The second-order valence-electron chi connectivity index (χ2n) is 3.89. The summed E-state index contributed by atoms with van der Waals surface area (Å²) in [5.41, 5.74) is 4.44. The zero-order valence-corrected chi connectivity index (χ0v) is 9.35. The van der Waals surface area contributed by atoms with Gasteiger partial charge in [0.25, 0.3) is 0 Å². The van der Waals surface area contributed by atoms with Crippen LogP contribution in [0.3, 0.4) is 0 Å². The number of aryl methyl sites for hydroxylation is 1. The predicted octanol–water partition coefficient (Wildman–Crippen LogP) is 2.59. The molecule has 0 fully saturated rings.